The number of aliphatic hydroxyl groups is 2. The van der Waals surface area contributed by atoms with E-state index in [1.54, 1.807) is 24.1 Å². The zero-order valence-corrected chi connectivity index (χ0v) is 24.4. The van der Waals surface area contributed by atoms with Gasteiger partial charge in [-0.15, -0.1) is 0 Å². The van der Waals surface area contributed by atoms with Gasteiger partial charge in [0, 0.05) is 49.9 Å². The van der Waals surface area contributed by atoms with Crippen LogP contribution in [0.15, 0.2) is 60.3 Å². The average Bonchev–Trinajstić information content (AvgIpc) is 2.92. The smallest absolute Gasteiger partial charge is 0.410 e. The minimum absolute atomic E-state index is 0.106. The summed E-state index contributed by atoms with van der Waals surface area (Å²) in [5.74, 6) is -0.692. The summed E-state index contributed by atoms with van der Waals surface area (Å²) in [6, 6.07) is 5.80. The Kier molecular flexibility index (Phi) is 11.5. The molecule has 0 aliphatic carbocycles. The minimum atomic E-state index is -1.44. The molecule has 2 aliphatic rings. The molecular formula is C31H45N3O6. The monoisotopic (exact) mass is 555 g/mol. The molecule has 2 N–H and O–H groups in total. The van der Waals surface area contributed by atoms with Crippen LogP contribution < -0.4 is 0 Å². The molecule has 9 heteroatoms. The number of amides is 1. The van der Waals surface area contributed by atoms with Crippen LogP contribution in [0.25, 0.3) is 0 Å². The predicted molar refractivity (Wildman–Crippen MR) is 154 cm³/mol. The van der Waals surface area contributed by atoms with Crippen molar-refractivity contribution < 1.29 is 29.3 Å². The van der Waals surface area contributed by atoms with E-state index in [0.717, 1.165) is 24.4 Å². The molecule has 5 unspecified atom stereocenters. The molecule has 0 bridgehead atoms. The molecule has 1 saturated heterocycles. The van der Waals surface area contributed by atoms with Gasteiger partial charge in [-0.3, -0.25) is 9.78 Å². The first-order valence-corrected chi connectivity index (χ1v) is 14.1. The van der Waals surface area contributed by atoms with Gasteiger partial charge in [0.25, 0.3) is 0 Å². The molecule has 0 radical (unpaired) electrons. The standard InChI is InChI=1S/C31H45N3O6/c1-22(26-11-6-7-16-32-26)9-8-10-23(2)29-24(3)12-13-27(39-30(37)34-19-17-33(5)18-20-34)31(4,38)15-14-25(35)21-28(36)40-29/h6-13,16,22,24-25,27,29,35,38H,14-15,17-21H2,1-5H3/b9-8+,13-12+,23-10+/t22-,24?,25?,27?,29?,31?/m1/s1. The molecule has 1 fully saturated rings. The Bertz CT molecular complexity index is 1060. The lowest BCUT2D eigenvalue weighted by Crippen LogP contribution is -2.50. The fourth-order valence-electron chi connectivity index (χ4n) is 4.84. The number of carbonyl (C=O) groups is 2. The summed E-state index contributed by atoms with van der Waals surface area (Å²) in [7, 11) is 2.01. The van der Waals surface area contributed by atoms with Crippen molar-refractivity contribution in [2.75, 3.05) is 33.2 Å². The first-order chi connectivity index (χ1) is 19.0. The van der Waals surface area contributed by atoms with Crippen molar-refractivity contribution in [2.24, 2.45) is 5.92 Å². The number of hydrogen-bond acceptors (Lipinski definition) is 8. The van der Waals surface area contributed by atoms with Gasteiger partial charge in [-0.05, 0) is 57.5 Å². The van der Waals surface area contributed by atoms with Crippen molar-refractivity contribution >= 4 is 12.1 Å². The average molecular weight is 556 g/mol. The third kappa shape index (κ3) is 9.28. The van der Waals surface area contributed by atoms with Gasteiger partial charge in [0.2, 0.25) is 0 Å². The Hall–Kier alpha value is -3.01. The van der Waals surface area contributed by atoms with Crippen molar-refractivity contribution in [3.63, 3.8) is 0 Å². The molecule has 3 rings (SSSR count). The summed E-state index contributed by atoms with van der Waals surface area (Å²) >= 11 is 0. The van der Waals surface area contributed by atoms with E-state index >= 15 is 0 Å². The van der Waals surface area contributed by atoms with Crippen molar-refractivity contribution in [1.29, 1.82) is 0 Å². The lowest BCUT2D eigenvalue weighted by atomic mass is 9.88. The number of aromatic nitrogens is 1. The van der Waals surface area contributed by atoms with Gasteiger partial charge in [0.05, 0.1) is 12.5 Å². The fourth-order valence-corrected chi connectivity index (χ4v) is 4.84. The van der Waals surface area contributed by atoms with E-state index in [-0.39, 0.29) is 31.1 Å². The van der Waals surface area contributed by atoms with Gasteiger partial charge >= 0.3 is 12.1 Å². The number of likely N-dealkylation sites (N-methyl/N-ethyl adjacent to an activating group) is 1. The molecule has 3 heterocycles. The van der Waals surface area contributed by atoms with Gasteiger partial charge in [0.15, 0.2) is 6.10 Å². The molecular weight excluding hydrogens is 510 g/mol. The van der Waals surface area contributed by atoms with Gasteiger partial charge in [-0.1, -0.05) is 44.2 Å². The summed E-state index contributed by atoms with van der Waals surface area (Å²) < 4.78 is 11.7. The molecule has 0 aromatic carbocycles. The first-order valence-electron chi connectivity index (χ1n) is 14.1. The van der Waals surface area contributed by atoms with Crippen LogP contribution in [0.5, 0.6) is 0 Å². The summed E-state index contributed by atoms with van der Waals surface area (Å²) in [6.45, 7) is 10.1. The van der Waals surface area contributed by atoms with Crippen LogP contribution >= 0.6 is 0 Å². The highest BCUT2D eigenvalue weighted by atomic mass is 16.6. The number of carbonyl (C=O) groups excluding carboxylic acids is 2. The maximum atomic E-state index is 13.0. The summed E-state index contributed by atoms with van der Waals surface area (Å²) in [5, 5.41) is 21.8. The van der Waals surface area contributed by atoms with E-state index in [1.807, 2.05) is 63.4 Å². The van der Waals surface area contributed by atoms with Crippen molar-refractivity contribution in [1.82, 2.24) is 14.8 Å². The van der Waals surface area contributed by atoms with E-state index in [4.69, 9.17) is 9.47 Å². The molecule has 0 saturated carbocycles. The quantitative estimate of drug-likeness (QED) is 0.320. The third-order valence-electron chi connectivity index (χ3n) is 7.68. The number of aliphatic hydroxyl groups excluding tert-OH is 1. The summed E-state index contributed by atoms with van der Waals surface area (Å²) in [6.07, 6.45) is 8.23. The van der Waals surface area contributed by atoms with E-state index in [9.17, 15) is 19.8 Å². The topological polar surface area (TPSA) is 112 Å². The summed E-state index contributed by atoms with van der Waals surface area (Å²) in [5.41, 5.74) is 0.337. The van der Waals surface area contributed by atoms with Crippen LogP contribution in [0, 0.1) is 5.92 Å². The Morgan fingerprint density at radius 3 is 2.65 bits per heavy atom. The lowest BCUT2D eigenvalue weighted by molar-refractivity contribution is -0.151. The Labute approximate surface area is 238 Å². The maximum Gasteiger partial charge on any atom is 0.410 e. The van der Waals surface area contributed by atoms with Gasteiger partial charge in [-0.25, -0.2) is 4.79 Å². The van der Waals surface area contributed by atoms with Gasteiger partial charge in [0.1, 0.15) is 11.7 Å². The van der Waals surface area contributed by atoms with Gasteiger partial charge in [-0.2, -0.15) is 0 Å². The molecule has 1 aromatic rings. The highest BCUT2D eigenvalue weighted by molar-refractivity contribution is 5.70. The number of allylic oxidation sites excluding steroid dienone is 3. The largest absolute Gasteiger partial charge is 0.457 e. The molecule has 2 aliphatic heterocycles. The van der Waals surface area contributed by atoms with Crippen LogP contribution in [-0.2, 0) is 14.3 Å². The van der Waals surface area contributed by atoms with E-state index in [0.29, 0.717) is 13.1 Å². The minimum Gasteiger partial charge on any atom is -0.457 e. The zero-order valence-electron chi connectivity index (χ0n) is 24.4. The zero-order chi connectivity index (χ0) is 29.3. The van der Waals surface area contributed by atoms with Crippen molar-refractivity contribution in [3.05, 3.63) is 66.0 Å². The Morgan fingerprint density at radius 2 is 1.98 bits per heavy atom. The maximum absolute atomic E-state index is 13.0. The normalized spacial score (nSPS) is 31.1. The number of nitrogens with zero attached hydrogens (tertiary/aromatic N) is 3. The van der Waals surface area contributed by atoms with Crippen molar-refractivity contribution in [3.8, 4) is 0 Å². The van der Waals surface area contributed by atoms with Crippen LogP contribution in [0.4, 0.5) is 4.79 Å². The number of esters is 1. The number of cyclic esters (lactones) is 1. The second kappa shape index (κ2) is 14.6. The Balaban J connectivity index is 1.81. The van der Waals surface area contributed by atoms with Crippen LogP contribution in [-0.4, -0.2) is 94.2 Å². The van der Waals surface area contributed by atoms with Crippen LogP contribution in [0.3, 0.4) is 0 Å². The number of ether oxygens (including phenoxy) is 2. The molecule has 1 aromatic heterocycles. The van der Waals surface area contributed by atoms with E-state index in [1.165, 1.54) is 0 Å². The highest BCUT2D eigenvalue weighted by Gasteiger charge is 2.36. The van der Waals surface area contributed by atoms with Gasteiger partial charge < -0.3 is 29.5 Å². The third-order valence-corrected chi connectivity index (χ3v) is 7.68. The molecule has 1 amide bonds. The SMILES string of the molecule is C/C(=C\C=C\[C@@H](C)c1ccccn1)C1OC(=O)CC(O)CCC(C)(O)C(OC(=O)N2CCN(C)CC2)/C=C/C1C. The molecule has 220 valence electrons. The van der Waals surface area contributed by atoms with Crippen LogP contribution in [0.1, 0.15) is 58.6 Å². The second-order valence-electron chi connectivity index (χ2n) is 11.3. The number of hydrogen-bond donors (Lipinski definition) is 2. The Morgan fingerprint density at radius 1 is 1.25 bits per heavy atom. The second-order valence-corrected chi connectivity index (χ2v) is 11.3. The fraction of sp³-hybridized carbons (Fsp3) is 0.581. The number of rotatable bonds is 5. The summed E-state index contributed by atoms with van der Waals surface area (Å²) in [4.78, 5) is 33.9. The van der Waals surface area contributed by atoms with E-state index < -0.39 is 36.0 Å². The highest BCUT2D eigenvalue weighted by Crippen LogP contribution is 2.27. The number of pyridine rings is 1. The predicted octanol–water partition coefficient (Wildman–Crippen LogP) is 3.84. The number of piperazine rings is 1. The molecule has 0 spiro atoms. The van der Waals surface area contributed by atoms with E-state index in [2.05, 4.69) is 16.8 Å². The lowest BCUT2D eigenvalue weighted by Gasteiger charge is -2.36. The molecule has 6 atom stereocenters. The molecule has 9 nitrogen and oxygen atoms in total. The first kappa shape index (κ1) is 31.5. The van der Waals surface area contributed by atoms with Crippen LogP contribution in [0.2, 0.25) is 0 Å². The molecule has 40 heavy (non-hydrogen) atoms. The van der Waals surface area contributed by atoms with Crippen molar-refractivity contribution in [2.45, 2.75) is 76.8 Å².